The summed E-state index contributed by atoms with van der Waals surface area (Å²) in [4.78, 5) is 2.54. The fourth-order valence-corrected chi connectivity index (χ4v) is 2.29. The summed E-state index contributed by atoms with van der Waals surface area (Å²) in [5.41, 5.74) is 2.82. The molecular weight excluding hydrogens is 232 g/mol. The fourth-order valence-electron chi connectivity index (χ4n) is 2.29. The maximum Gasteiger partial charge on any atom is 0.0236 e. The van der Waals surface area contributed by atoms with Gasteiger partial charge in [-0.05, 0) is 50.9 Å². The highest BCUT2D eigenvalue weighted by Gasteiger charge is 2.09. The molecule has 1 aromatic rings. The van der Waals surface area contributed by atoms with Gasteiger partial charge in [-0.15, -0.1) is 0 Å². The van der Waals surface area contributed by atoms with Crippen LogP contribution in [0.15, 0.2) is 24.3 Å². The number of hydrogen-bond acceptors (Lipinski definition) is 2. The molecule has 0 atom stereocenters. The third-order valence-electron chi connectivity index (χ3n) is 3.37. The highest BCUT2D eigenvalue weighted by molar-refractivity contribution is 5.23. The summed E-state index contributed by atoms with van der Waals surface area (Å²) in [7, 11) is 0. The largest absolute Gasteiger partial charge is 0.313 e. The van der Waals surface area contributed by atoms with Gasteiger partial charge in [-0.3, -0.25) is 4.90 Å². The summed E-state index contributed by atoms with van der Waals surface area (Å²) in [6.45, 7) is 13.3. The molecule has 0 amide bonds. The van der Waals surface area contributed by atoms with Crippen molar-refractivity contribution in [1.82, 2.24) is 10.2 Å². The molecule has 0 saturated heterocycles. The third kappa shape index (κ3) is 6.22. The van der Waals surface area contributed by atoms with Crippen molar-refractivity contribution in [1.29, 1.82) is 0 Å². The molecule has 0 saturated carbocycles. The molecule has 0 aliphatic rings. The van der Waals surface area contributed by atoms with Crippen LogP contribution in [0, 0.1) is 0 Å². The maximum atomic E-state index is 3.47. The number of hydrogen-bond donors (Lipinski definition) is 1. The quantitative estimate of drug-likeness (QED) is 0.681. The fraction of sp³-hybridized carbons (Fsp3) is 0.647. The normalized spacial score (nSPS) is 11.5. The van der Waals surface area contributed by atoms with Crippen LogP contribution in [0.5, 0.6) is 0 Å². The smallest absolute Gasteiger partial charge is 0.0236 e. The van der Waals surface area contributed by atoms with Crippen molar-refractivity contribution in [2.45, 2.75) is 59.7 Å². The maximum absolute atomic E-state index is 3.47. The van der Waals surface area contributed by atoms with Gasteiger partial charge in [0.05, 0.1) is 0 Å². The lowest BCUT2D eigenvalue weighted by atomic mass is 10.1. The molecule has 0 aliphatic carbocycles. The number of nitrogens with one attached hydrogen (secondary N) is 1. The van der Waals surface area contributed by atoms with Crippen LogP contribution in [0.4, 0.5) is 0 Å². The highest BCUT2D eigenvalue weighted by atomic mass is 15.1. The van der Waals surface area contributed by atoms with Gasteiger partial charge in [-0.2, -0.15) is 0 Å². The summed E-state index contributed by atoms with van der Waals surface area (Å²) in [6, 6.07) is 9.60. The van der Waals surface area contributed by atoms with Crippen LogP contribution in [-0.2, 0) is 13.1 Å². The Bertz CT molecular complexity index is 347. The summed E-state index contributed by atoms with van der Waals surface area (Å²) >= 11 is 0. The van der Waals surface area contributed by atoms with Crippen LogP contribution < -0.4 is 5.32 Å². The molecule has 0 fully saturated rings. The van der Waals surface area contributed by atoms with Gasteiger partial charge in [0, 0.05) is 19.1 Å². The van der Waals surface area contributed by atoms with E-state index in [1.165, 1.54) is 30.5 Å². The first kappa shape index (κ1) is 16.2. The van der Waals surface area contributed by atoms with E-state index in [-0.39, 0.29) is 0 Å². The Balaban J connectivity index is 2.59. The summed E-state index contributed by atoms with van der Waals surface area (Å²) in [5.74, 6) is 0. The Morgan fingerprint density at radius 2 is 1.84 bits per heavy atom. The number of benzene rings is 1. The molecule has 0 aromatic heterocycles. The first-order valence-electron chi connectivity index (χ1n) is 7.70. The van der Waals surface area contributed by atoms with Crippen LogP contribution in [0.1, 0.15) is 51.7 Å². The van der Waals surface area contributed by atoms with Crippen molar-refractivity contribution < 1.29 is 0 Å². The lowest BCUT2D eigenvalue weighted by Crippen LogP contribution is -2.31. The zero-order valence-electron chi connectivity index (χ0n) is 13.1. The van der Waals surface area contributed by atoms with Gasteiger partial charge >= 0.3 is 0 Å². The molecule has 1 N–H and O–H groups in total. The standard InChI is InChI=1S/C17H30N2/c1-5-10-18-13-16-8-7-9-17(12-16)14-19(11-6-2)15(3)4/h7-9,12,15,18H,5-6,10-11,13-14H2,1-4H3. The van der Waals surface area contributed by atoms with Crippen LogP contribution >= 0.6 is 0 Å². The van der Waals surface area contributed by atoms with Crippen LogP contribution in [-0.4, -0.2) is 24.0 Å². The minimum Gasteiger partial charge on any atom is -0.313 e. The Hall–Kier alpha value is -0.860. The molecule has 108 valence electrons. The Morgan fingerprint density at radius 3 is 2.47 bits per heavy atom. The van der Waals surface area contributed by atoms with E-state index in [2.05, 4.69) is 62.2 Å². The Kier molecular flexibility index (Phi) is 7.76. The summed E-state index contributed by atoms with van der Waals surface area (Å²) in [6.07, 6.45) is 2.41. The average Bonchev–Trinajstić information content (AvgIpc) is 2.39. The molecule has 0 spiro atoms. The van der Waals surface area contributed by atoms with Crippen LogP contribution in [0.25, 0.3) is 0 Å². The summed E-state index contributed by atoms with van der Waals surface area (Å²) in [5, 5.41) is 3.47. The predicted octanol–water partition coefficient (Wildman–Crippen LogP) is 3.81. The van der Waals surface area contributed by atoms with Crippen LogP contribution in [0.3, 0.4) is 0 Å². The van der Waals surface area contributed by atoms with E-state index in [0.717, 1.165) is 19.6 Å². The molecule has 0 bridgehead atoms. The lowest BCUT2D eigenvalue weighted by Gasteiger charge is -2.26. The monoisotopic (exact) mass is 262 g/mol. The average molecular weight is 262 g/mol. The zero-order valence-corrected chi connectivity index (χ0v) is 13.1. The molecular formula is C17H30N2. The molecule has 0 heterocycles. The minimum absolute atomic E-state index is 0.613. The van der Waals surface area contributed by atoms with Crippen LogP contribution in [0.2, 0.25) is 0 Å². The molecule has 19 heavy (non-hydrogen) atoms. The van der Waals surface area contributed by atoms with E-state index in [9.17, 15) is 0 Å². The Labute approximate surface area is 119 Å². The Morgan fingerprint density at radius 1 is 1.11 bits per heavy atom. The van der Waals surface area contributed by atoms with Gasteiger partial charge in [0.15, 0.2) is 0 Å². The van der Waals surface area contributed by atoms with Gasteiger partial charge in [-0.25, -0.2) is 0 Å². The topological polar surface area (TPSA) is 15.3 Å². The van der Waals surface area contributed by atoms with Crippen molar-refractivity contribution >= 4 is 0 Å². The first-order chi connectivity index (χ1) is 9.17. The third-order valence-corrected chi connectivity index (χ3v) is 3.37. The predicted molar refractivity (Wildman–Crippen MR) is 84.3 cm³/mol. The van der Waals surface area contributed by atoms with Crippen molar-refractivity contribution in [3.05, 3.63) is 35.4 Å². The molecule has 1 aromatic carbocycles. The van der Waals surface area contributed by atoms with Crippen molar-refractivity contribution in [2.24, 2.45) is 0 Å². The molecule has 2 heteroatoms. The van der Waals surface area contributed by atoms with E-state index in [4.69, 9.17) is 0 Å². The van der Waals surface area contributed by atoms with Gasteiger partial charge in [0.1, 0.15) is 0 Å². The zero-order chi connectivity index (χ0) is 14.1. The van der Waals surface area contributed by atoms with E-state index in [0.29, 0.717) is 6.04 Å². The molecule has 2 nitrogen and oxygen atoms in total. The van der Waals surface area contributed by atoms with E-state index in [1.54, 1.807) is 0 Å². The van der Waals surface area contributed by atoms with E-state index in [1.807, 2.05) is 0 Å². The summed E-state index contributed by atoms with van der Waals surface area (Å²) < 4.78 is 0. The second-order valence-electron chi connectivity index (χ2n) is 5.56. The minimum atomic E-state index is 0.613. The van der Waals surface area contributed by atoms with Crippen molar-refractivity contribution in [2.75, 3.05) is 13.1 Å². The first-order valence-corrected chi connectivity index (χ1v) is 7.70. The highest BCUT2D eigenvalue weighted by Crippen LogP contribution is 2.11. The molecule has 1 rings (SSSR count). The van der Waals surface area contributed by atoms with Crippen molar-refractivity contribution in [3.8, 4) is 0 Å². The number of rotatable bonds is 9. The van der Waals surface area contributed by atoms with Gasteiger partial charge in [-0.1, -0.05) is 38.1 Å². The van der Waals surface area contributed by atoms with Gasteiger partial charge in [0.25, 0.3) is 0 Å². The lowest BCUT2D eigenvalue weighted by molar-refractivity contribution is 0.213. The molecule has 0 unspecified atom stereocenters. The SMILES string of the molecule is CCCNCc1cccc(CN(CCC)C(C)C)c1. The van der Waals surface area contributed by atoms with Crippen molar-refractivity contribution in [3.63, 3.8) is 0 Å². The van der Waals surface area contributed by atoms with E-state index < -0.39 is 0 Å². The number of nitrogens with zero attached hydrogens (tertiary/aromatic N) is 1. The van der Waals surface area contributed by atoms with E-state index >= 15 is 0 Å². The van der Waals surface area contributed by atoms with Gasteiger partial charge in [0.2, 0.25) is 0 Å². The molecule has 0 aliphatic heterocycles. The molecule has 0 radical (unpaired) electrons. The second-order valence-corrected chi connectivity index (χ2v) is 5.56. The van der Waals surface area contributed by atoms with Gasteiger partial charge < -0.3 is 5.32 Å². The second kappa shape index (κ2) is 9.11.